The molecule has 0 bridgehead atoms. The summed E-state index contributed by atoms with van der Waals surface area (Å²) in [5.41, 5.74) is 3.46. The largest absolute Gasteiger partial charge is 0.293 e. The van der Waals surface area contributed by atoms with Gasteiger partial charge in [-0.25, -0.2) is 0 Å². The minimum absolute atomic E-state index is 0.210. The van der Waals surface area contributed by atoms with Crippen LogP contribution in [-0.2, 0) is 0 Å². The standard InChI is InChI=1S/C19H20OS/c1-14-4-2-7-18(12-14)21-13-19(20)17-10-8-16(9-11-17)15-5-3-6-15/h2,4,7-12,15H,3,5-6,13H2,1H3. The maximum Gasteiger partial charge on any atom is 0.173 e. The van der Waals surface area contributed by atoms with E-state index in [9.17, 15) is 4.79 Å². The third-order valence-electron chi connectivity index (χ3n) is 4.17. The topological polar surface area (TPSA) is 17.1 Å². The van der Waals surface area contributed by atoms with Crippen LogP contribution in [0.1, 0.15) is 46.7 Å². The third kappa shape index (κ3) is 3.56. The van der Waals surface area contributed by atoms with Gasteiger partial charge in [-0.15, -0.1) is 11.8 Å². The van der Waals surface area contributed by atoms with E-state index in [0.29, 0.717) is 5.75 Å². The Labute approximate surface area is 130 Å². The van der Waals surface area contributed by atoms with Gasteiger partial charge in [-0.2, -0.15) is 0 Å². The number of hydrogen-bond acceptors (Lipinski definition) is 2. The summed E-state index contributed by atoms with van der Waals surface area (Å²) in [5.74, 6) is 1.45. The molecule has 1 fully saturated rings. The monoisotopic (exact) mass is 296 g/mol. The lowest BCUT2D eigenvalue weighted by atomic mass is 9.80. The van der Waals surface area contributed by atoms with Gasteiger partial charge in [0.25, 0.3) is 0 Å². The minimum atomic E-state index is 0.210. The van der Waals surface area contributed by atoms with Crippen molar-refractivity contribution in [2.45, 2.75) is 37.0 Å². The van der Waals surface area contributed by atoms with Crippen molar-refractivity contribution in [2.24, 2.45) is 0 Å². The van der Waals surface area contributed by atoms with Crippen LogP contribution in [0.25, 0.3) is 0 Å². The van der Waals surface area contributed by atoms with Gasteiger partial charge in [0.15, 0.2) is 5.78 Å². The summed E-state index contributed by atoms with van der Waals surface area (Å²) >= 11 is 1.61. The van der Waals surface area contributed by atoms with E-state index in [-0.39, 0.29) is 5.78 Å². The van der Waals surface area contributed by atoms with E-state index >= 15 is 0 Å². The van der Waals surface area contributed by atoms with Gasteiger partial charge in [-0.1, -0.05) is 48.4 Å². The molecule has 2 aromatic carbocycles. The Balaban J connectivity index is 1.59. The molecule has 0 heterocycles. The summed E-state index contributed by atoms with van der Waals surface area (Å²) < 4.78 is 0. The summed E-state index contributed by atoms with van der Waals surface area (Å²) in [6, 6.07) is 16.5. The highest BCUT2D eigenvalue weighted by atomic mass is 32.2. The Morgan fingerprint density at radius 2 is 1.90 bits per heavy atom. The lowest BCUT2D eigenvalue weighted by molar-refractivity contribution is 0.102. The van der Waals surface area contributed by atoms with Gasteiger partial charge in [-0.05, 0) is 43.4 Å². The molecule has 0 unspecified atom stereocenters. The SMILES string of the molecule is Cc1cccc(SCC(=O)c2ccc(C3CCC3)cc2)c1. The van der Waals surface area contributed by atoms with Crippen molar-refractivity contribution in [3.8, 4) is 0 Å². The van der Waals surface area contributed by atoms with E-state index in [2.05, 4.69) is 37.3 Å². The van der Waals surface area contributed by atoms with Crippen LogP contribution in [-0.4, -0.2) is 11.5 Å². The molecule has 1 aliphatic rings. The Morgan fingerprint density at radius 3 is 2.52 bits per heavy atom. The van der Waals surface area contributed by atoms with Crippen LogP contribution >= 0.6 is 11.8 Å². The Bertz CT molecular complexity index is 626. The van der Waals surface area contributed by atoms with Crippen molar-refractivity contribution >= 4 is 17.5 Å². The zero-order valence-corrected chi connectivity index (χ0v) is 13.2. The lowest BCUT2D eigenvalue weighted by Crippen LogP contribution is -2.09. The fourth-order valence-electron chi connectivity index (χ4n) is 2.62. The van der Waals surface area contributed by atoms with Crippen molar-refractivity contribution in [3.63, 3.8) is 0 Å². The maximum atomic E-state index is 12.2. The van der Waals surface area contributed by atoms with Crippen LogP contribution in [0, 0.1) is 6.92 Å². The third-order valence-corrected chi connectivity index (χ3v) is 5.16. The highest BCUT2D eigenvalue weighted by Crippen LogP contribution is 2.36. The molecular formula is C19H20OS. The fraction of sp³-hybridized carbons (Fsp3) is 0.316. The summed E-state index contributed by atoms with van der Waals surface area (Å²) in [5, 5.41) is 0. The molecule has 0 saturated heterocycles. The first-order chi connectivity index (χ1) is 10.2. The zero-order chi connectivity index (χ0) is 14.7. The van der Waals surface area contributed by atoms with Gasteiger partial charge in [0.05, 0.1) is 5.75 Å². The summed E-state index contributed by atoms with van der Waals surface area (Å²) in [4.78, 5) is 13.4. The number of Topliss-reactive ketones (excluding diaryl/α,β-unsaturated/α-hetero) is 1. The number of aryl methyl sites for hydroxylation is 1. The molecular weight excluding hydrogens is 276 g/mol. The minimum Gasteiger partial charge on any atom is -0.293 e. The lowest BCUT2D eigenvalue weighted by Gasteiger charge is -2.25. The molecule has 1 nitrogen and oxygen atoms in total. The van der Waals surface area contributed by atoms with Crippen molar-refractivity contribution < 1.29 is 4.79 Å². The van der Waals surface area contributed by atoms with Crippen LogP contribution in [0.5, 0.6) is 0 Å². The van der Waals surface area contributed by atoms with E-state index in [4.69, 9.17) is 0 Å². The number of rotatable bonds is 5. The molecule has 0 aliphatic heterocycles. The number of benzene rings is 2. The maximum absolute atomic E-state index is 12.2. The summed E-state index contributed by atoms with van der Waals surface area (Å²) in [6.45, 7) is 2.07. The number of ketones is 1. The van der Waals surface area contributed by atoms with Crippen molar-refractivity contribution in [2.75, 3.05) is 5.75 Å². The normalized spacial score (nSPS) is 14.7. The zero-order valence-electron chi connectivity index (χ0n) is 12.3. The Kier molecular flexibility index (Phi) is 4.45. The Hall–Kier alpha value is -1.54. The van der Waals surface area contributed by atoms with E-state index in [0.717, 1.165) is 16.4 Å². The number of carbonyl (C=O) groups is 1. The molecule has 3 rings (SSSR count). The average molecular weight is 296 g/mol. The van der Waals surface area contributed by atoms with E-state index in [1.165, 1.54) is 30.4 Å². The fourth-order valence-corrected chi connectivity index (χ4v) is 3.53. The Morgan fingerprint density at radius 1 is 1.14 bits per heavy atom. The molecule has 2 aromatic rings. The van der Waals surface area contributed by atoms with Crippen molar-refractivity contribution in [1.29, 1.82) is 0 Å². The second-order valence-corrected chi connectivity index (χ2v) is 6.83. The van der Waals surface area contributed by atoms with E-state index in [1.807, 2.05) is 18.2 Å². The van der Waals surface area contributed by atoms with Gasteiger partial charge in [0, 0.05) is 10.5 Å². The van der Waals surface area contributed by atoms with Gasteiger partial charge in [-0.3, -0.25) is 4.79 Å². The first-order valence-corrected chi connectivity index (χ1v) is 8.53. The van der Waals surface area contributed by atoms with Gasteiger partial charge in [0.2, 0.25) is 0 Å². The highest BCUT2D eigenvalue weighted by molar-refractivity contribution is 8.00. The van der Waals surface area contributed by atoms with Crippen LogP contribution < -0.4 is 0 Å². The van der Waals surface area contributed by atoms with Crippen LogP contribution in [0.3, 0.4) is 0 Å². The molecule has 0 radical (unpaired) electrons. The van der Waals surface area contributed by atoms with Crippen molar-refractivity contribution in [3.05, 3.63) is 65.2 Å². The molecule has 0 amide bonds. The molecule has 0 N–H and O–H groups in total. The predicted molar refractivity (Wildman–Crippen MR) is 89.3 cm³/mol. The quantitative estimate of drug-likeness (QED) is 0.554. The predicted octanol–water partition coefficient (Wildman–Crippen LogP) is 5.24. The molecule has 2 heteroatoms. The van der Waals surface area contributed by atoms with Crippen LogP contribution in [0.4, 0.5) is 0 Å². The molecule has 1 aliphatic carbocycles. The van der Waals surface area contributed by atoms with Crippen LogP contribution in [0.2, 0.25) is 0 Å². The van der Waals surface area contributed by atoms with Crippen molar-refractivity contribution in [1.82, 2.24) is 0 Å². The molecule has 0 aromatic heterocycles. The van der Waals surface area contributed by atoms with E-state index in [1.54, 1.807) is 11.8 Å². The molecule has 0 spiro atoms. The number of hydrogen-bond donors (Lipinski definition) is 0. The van der Waals surface area contributed by atoms with Crippen LogP contribution in [0.15, 0.2) is 53.4 Å². The number of thioether (sulfide) groups is 1. The highest BCUT2D eigenvalue weighted by Gasteiger charge is 2.19. The first kappa shape index (κ1) is 14.4. The van der Waals surface area contributed by atoms with E-state index < -0.39 is 0 Å². The second kappa shape index (κ2) is 6.48. The number of carbonyl (C=O) groups excluding carboxylic acids is 1. The van der Waals surface area contributed by atoms with Gasteiger partial charge >= 0.3 is 0 Å². The van der Waals surface area contributed by atoms with Gasteiger partial charge in [0.1, 0.15) is 0 Å². The summed E-state index contributed by atoms with van der Waals surface area (Å²) in [7, 11) is 0. The second-order valence-electron chi connectivity index (χ2n) is 5.78. The van der Waals surface area contributed by atoms with Gasteiger partial charge < -0.3 is 0 Å². The molecule has 0 atom stereocenters. The molecule has 1 saturated carbocycles. The smallest absolute Gasteiger partial charge is 0.173 e. The molecule has 21 heavy (non-hydrogen) atoms. The average Bonchev–Trinajstić information content (AvgIpc) is 2.44. The molecule has 108 valence electrons. The first-order valence-electron chi connectivity index (χ1n) is 7.55. The summed E-state index contributed by atoms with van der Waals surface area (Å²) in [6.07, 6.45) is 3.95.